The van der Waals surface area contributed by atoms with Gasteiger partial charge in [-0.05, 0) is 74.8 Å². The van der Waals surface area contributed by atoms with Crippen molar-refractivity contribution in [3.63, 3.8) is 0 Å². The Labute approximate surface area is 236 Å². The number of amides is 2. The number of hydrogen-bond donors (Lipinski definition) is 2. The fraction of sp³-hybridized carbons (Fsp3) is 0.367. The van der Waals surface area contributed by atoms with Gasteiger partial charge in [0, 0.05) is 31.7 Å². The Hall–Kier alpha value is -3.98. The number of hydrogen-bond acceptors (Lipinski definition) is 5. The molecule has 0 saturated heterocycles. The molecule has 0 bridgehead atoms. The van der Waals surface area contributed by atoms with Crippen LogP contribution in [0, 0.1) is 5.92 Å². The Bertz CT molecular complexity index is 1630. The number of benzene rings is 1. The first-order valence-corrected chi connectivity index (χ1v) is 14.2. The molecule has 0 atom stereocenters. The Morgan fingerprint density at radius 3 is 2.38 bits per heavy atom. The van der Waals surface area contributed by atoms with Gasteiger partial charge in [-0.25, -0.2) is 9.78 Å². The van der Waals surface area contributed by atoms with Crippen LogP contribution >= 0.6 is 11.6 Å². The summed E-state index contributed by atoms with van der Waals surface area (Å²) >= 11 is 6.15. The van der Waals surface area contributed by atoms with Crippen LogP contribution in [-0.4, -0.2) is 44.0 Å². The smallest absolute Gasteiger partial charge is 0.333 e. The van der Waals surface area contributed by atoms with E-state index in [2.05, 4.69) is 20.6 Å². The molecule has 2 amide bonds. The number of imidazole rings is 1. The normalized spacial score (nSPS) is 18.9. The number of fused-ring (bicyclic) bond motifs is 1. The summed E-state index contributed by atoms with van der Waals surface area (Å²) in [7, 11) is 1.55. The zero-order chi connectivity index (χ0) is 27.8. The highest BCUT2D eigenvalue weighted by atomic mass is 35.5. The first-order valence-electron chi connectivity index (χ1n) is 13.8. The van der Waals surface area contributed by atoms with Crippen molar-refractivity contribution in [3.05, 3.63) is 87.3 Å². The number of carbonyl (C=O) groups is 2. The summed E-state index contributed by atoms with van der Waals surface area (Å²) in [6, 6.07) is 12.9. The van der Waals surface area contributed by atoms with Crippen molar-refractivity contribution < 1.29 is 9.59 Å². The van der Waals surface area contributed by atoms with Gasteiger partial charge in [0.1, 0.15) is 5.69 Å². The SMILES string of the molecule is CNC(=O)c1ccc(-n2c(=O)n(CC3CCC(NC(=O)c4cc(Cl)cnc4C4CC4)CC3)c3ccccc32)cn1. The monoisotopic (exact) mass is 558 g/mol. The van der Waals surface area contributed by atoms with Gasteiger partial charge in [0.2, 0.25) is 0 Å². The van der Waals surface area contributed by atoms with Crippen molar-refractivity contribution in [2.45, 2.75) is 57.0 Å². The summed E-state index contributed by atoms with van der Waals surface area (Å²) in [5, 5.41) is 6.24. The average Bonchev–Trinajstić information content (AvgIpc) is 3.78. The molecule has 4 aromatic rings. The molecule has 2 fully saturated rings. The fourth-order valence-corrected chi connectivity index (χ4v) is 5.90. The molecular formula is C30H31ClN6O3. The average molecular weight is 559 g/mol. The minimum atomic E-state index is -0.277. The van der Waals surface area contributed by atoms with E-state index in [9.17, 15) is 14.4 Å². The van der Waals surface area contributed by atoms with Gasteiger partial charge < -0.3 is 10.6 Å². The Morgan fingerprint density at radius 1 is 0.950 bits per heavy atom. The van der Waals surface area contributed by atoms with Crippen molar-refractivity contribution in [1.82, 2.24) is 29.7 Å². The molecule has 3 aromatic heterocycles. The molecule has 2 aliphatic rings. The lowest BCUT2D eigenvalue weighted by molar-refractivity contribution is 0.0917. The number of rotatable bonds is 7. The molecular weight excluding hydrogens is 528 g/mol. The number of nitrogens with zero attached hydrogens (tertiary/aromatic N) is 4. The van der Waals surface area contributed by atoms with Gasteiger partial charge >= 0.3 is 5.69 Å². The summed E-state index contributed by atoms with van der Waals surface area (Å²) in [5.74, 6) is 0.295. The van der Waals surface area contributed by atoms with E-state index in [1.807, 2.05) is 28.8 Å². The maximum absolute atomic E-state index is 13.7. The number of para-hydroxylation sites is 2. The molecule has 6 rings (SSSR count). The molecule has 0 unspecified atom stereocenters. The van der Waals surface area contributed by atoms with Crippen LogP contribution in [0.1, 0.15) is 71.0 Å². The second kappa shape index (κ2) is 10.9. The second-order valence-corrected chi connectivity index (χ2v) is 11.2. The first-order chi connectivity index (χ1) is 19.4. The minimum absolute atomic E-state index is 0.0813. The number of aromatic nitrogens is 4. The van der Waals surface area contributed by atoms with Gasteiger partial charge in [-0.2, -0.15) is 0 Å². The van der Waals surface area contributed by atoms with Crippen LogP contribution in [-0.2, 0) is 6.54 Å². The number of carbonyl (C=O) groups excluding carboxylic acids is 2. The Kier molecular flexibility index (Phi) is 7.14. The second-order valence-electron chi connectivity index (χ2n) is 10.7. The van der Waals surface area contributed by atoms with Crippen LogP contribution in [0.25, 0.3) is 16.7 Å². The highest BCUT2D eigenvalue weighted by molar-refractivity contribution is 6.30. The molecule has 206 valence electrons. The van der Waals surface area contributed by atoms with Gasteiger partial charge in [-0.1, -0.05) is 23.7 Å². The van der Waals surface area contributed by atoms with Crippen molar-refractivity contribution in [1.29, 1.82) is 0 Å². The molecule has 2 aliphatic carbocycles. The van der Waals surface area contributed by atoms with Crippen LogP contribution < -0.4 is 16.3 Å². The lowest BCUT2D eigenvalue weighted by atomic mass is 9.85. The zero-order valence-electron chi connectivity index (χ0n) is 22.3. The highest BCUT2D eigenvalue weighted by Gasteiger charge is 2.31. The van der Waals surface area contributed by atoms with Crippen molar-refractivity contribution in [2.24, 2.45) is 5.92 Å². The third-order valence-electron chi connectivity index (χ3n) is 8.02. The molecule has 2 N–H and O–H groups in total. The lowest BCUT2D eigenvalue weighted by Crippen LogP contribution is -2.39. The molecule has 9 nitrogen and oxygen atoms in total. The van der Waals surface area contributed by atoms with Gasteiger partial charge in [0.25, 0.3) is 11.8 Å². The largest absolute Gasteiger partial charge is 0.354 e. The number of pyridine rings is 2. The molecule has 0 spiro atoms. The maximum atomic E-state index is 13.7. The predicted octanol–water partition coefficient (Wildman–Crippen LogP) is 4.46. The van der Waals surface area contributed by atoms with E-state index >= 15 is 0 Å². The highest BCUT2D eigenvalue weighted by Crippen LogP contribution is 2.41. The number of halogens is 1. The molecule has 3 heterocycles. The van der Waals surface area contributed by atoms with Gasteiger partial charge in [0.05, 0.1) is 39.2 Å². The van der Waals surface area contributed by atoms with Crippen molar-refractivity contribution in [2.75, 3.05) is 7.05 Å². The lowest BCUT2D eigenvalue weighted by Gasteiger charge is -2.29. The van der Waals surface area contributed by atoms with E-state index in [0.29, 0.717) is 40.3 Å². The Balaban J connectivity index is 1.16. The van der Waals surface area contributed by atoms with E-state index in [1.54, 1.807) is 42.2 Å². The van der Waals surface area contributed by atoms with Crippen LogP contribution in [0.3, 0.4) is 0 Å². The topological polar surface area (TPSA) is 111 Å². The molecule has 10 heteroatoms. The van der Waals surface area contributed by atoms with Crippen molar-refractivity contribution >= 4 is 34.4 Å². The summed E-state index contributed by atoms with van der Waals surface area (Å²) in [5.41, 5.74) is 3.87. The zero-order valence-corrected chi connectivity index (χ0v) is 23.0. The third kappa shape index (κ3) is 5.13. The molecule has 0 aliphatic heterocycles. The molecule has 1 aromatic carbocycles. The molecule has 40 heavy (non-hydrogen) atoms. The van der Waals surface area contributed by atoms with Gasteiger partial charge in [-0.15, -0.1) is 0 Å². The minimum Gasteiger partial charge on any atom is -0.354 e. The summed E-state index contributed by atoms with van der Waals surface area (Å²) in [6.07, 6.45) is 8.81. The predicted molar refractivity (Wildman–Crippen MR) is 153 cm³/mol. The van der Waals surface area contributed by atoms with Crippen LogP contribution in [0.15, 0.2) is 59.7 Å². The van der Waals surface area contributed by atoms with Crippen LogP contribution in [0.4, 0.5) is 0 Å². The van der Waals surface area contributed by atoms with Crippen molar-refractivity contribution in [3.8, 4) is 5.69 Å². The standard InChI is InChI=1S/C30H31ClN6O3/c1-32-29(39)24-13-12-22(16-33-24)37-26-5-3-2-4-25(26)36(30(37)40)17-18-6-10-21(11-7-18)35-28(38)23-14-20(31)15-34-27(23)19-8-9-19/h2-5,12-16,18-19,21H,6-11,17H2,1H3,(H,32,39)(H,35,38). The number of nitrogens with one attached hydrogen (secondary N) is 2. The summed E-state index contributed by atoms with van der Waals surface area (Å²) < 4.78 is 3.49. The summed E-state index contributed by atoms with van der Waals surface area (Å²) in [6.45, 7) is 0.598. The van der Waals surface area contributed by atoms with Crippen LogP contribution in [0.2, 0.25) is 5.02 Å². The summed E-state index contributed by atoms with van der Waals surface area (Å²) in [4.78, 5) is 47.4. The molecule has 0 radical (unpaired) electrons. The van der Waals surface area contributed by atoms with E-state index < -0.39 is 0 Å². The van der Waals surface area contributed by atoms with Crippen LogP contribution in [0.5, 0.6) is 0 Å². The van der Waals surface area contributed by atoms with Gasteiger partial charge in [0.15, 0.2) is 0 Å². The van der Waals surface area contributed by atoms with E-state index in [-0.39, 0.29) is 23.5 Å². The quantitative estimate of drug-likeness (QED) is 0.348. The Morgan fingerprint density at radius 2 is 1.70 bits per heavy atom. The van der Waals surface area contributed by atoms with E-state index in [4.69, 9.17) is 11.6 Å². The third-order valence-corrected chi connectivity index (χ3v) is 8.22. The first kappa shape index (κ1) is 26.3. The van der Waals surface area contributed by atoms with Gasteiger partial charge in [-0.3, -0.25) is 23.7 Å². The maximum Gasteiger partial charge on any atom is 0.333 e. The molecule has 2 saturated carbocycles. The van der Waals surface area contributed by atoms with E-state index in [1.165, 1.54) is 0 Å². The fourth-order valence-electron chi connectivity index (χ4n) is 5.74. The van der Waals surface area contributed by atoms with E-state index in [0.717, 1.165) is 55.3 Å².